The molecule has 5 heteroatoms. The van der Waals surface area contributed by atoms with Crippen molar-refractivity contribution in [2.45, 2.75) is 19.5 Å². The largest absolute Gasteiger partial charge is 0.341 e. The Morgan fingerprint density at radius 2 is 1.81 bits per heavy atom. The molecule has 0 atom stereocenters. The number of aromatic nitrogens is 2. The summed E-state index contributed by atoms with van der Waals surface area (Å²) in [5.74, 6) is 1.03. The van der Waals surface area contributed by atoms with Gasteiger partial charge in [0.2, 0.25) is 0 Å². The SMILES string of the molecule is C=C1C2=C(CN(Cc3nc4ccccc4[nH]3)CC2)NN1Cc1ccccc1. The number of imidazole rings is 1. The Bertz CT molecular complexity index is 984. The number of hydrogen-bond acceptors (Lipinski definition) is 4. The second-order valence-corrected chi connectivity index (χ2v) is 7.25. The molecule has 2 N–H and O–H groups in total. The van der Waals surface area contributed by atoms with Crippen molar-refractivity contribution in [2.75, 3.05) is 13.1 Å². The Balaban J connectivity index is 1.27. The van der Waals surface area contributed by atoms with Crippen molar-refractivity contribution in [1.29, 1.82) is 0 Å². The van der Waals surface area contributed by atoms with Crippen LogP contribution < -0.4 is 5.43 Å². The molecule has 0 radical (unpaired) electrons. The highest BCUT2D eigenvalue weighted by Crippen LogP contribution is 2.31. The molecule has 3 heterocycles. The van der Waals surface area contributed by atoms with E-state index in [2.05, 4.69) is 69.4 Å². The summed E-state index contributed by atoms with van der Waals surface area (Å²) >= 11 is 0. The fraction of sp³-hybridized carbons (Fsp3) is 0.227. The van der Waals surface area contributed by atoms with Crippen molar-refractivity contribution >= 4 is 11.0 Å². The Morgan fingerprint density at radius 3 is 2.67 bits per heavy atom. The summed E-state index contributed by atoms with van der Waals surface area (Å²) in [5.41, 5.74) is 10.7. The van der Waals surface area contributed by atoms with E-state index in [1.54, 1.807) is 0 Å². The summed E-state index contributed by atoms with van der Waals surface area (Å²) in [4.78, 5) is 10.6. The molecule has 2 aliphatic heterocycles. The average Bonchev–Trinajstić information content (AvgIpc) is 3.23. The summed E-state index contributed by atoms with van der Waals surface area (Å²) in [6.45, 7) is 7.91. The van der Waals surface area contributed by atoms with Gasteiger partial charge in [-0.15, -0.1) is 0 Å². The molecule has 0 saturated heterocycles. The van der Waals surface area contributed by atoms with Crippen LogP contribution in [0.5, 0.6) is 0 Å². The predicted molar refractivity (Wildman–Crippen MR) is 107 cm³/mol. The maximum atomic E-state index is 4.72. The molecule has 0 fully saturated rings. The molecule has 0 bridgehead atoms. The van der Waals surface area contributed by atoms with Crippen molar-refractivity contribution in [3.05, 3.63) is 89.5 Å². The number of hydrogen-bond donors (Lipinski definition) is 2. The number of nitrogens with one attached hydrogen (secondary N) is 2. The molecular formula is C22H23N5. The Hall–Kier alpha value is -3.05. The maximum absolute atomic E-state index is 4.72. The molecule has 0 amide bonds. The summed E-state index contributed by atoms with van der Waals surface area (Å²) < 4.78 is 0. The van der Waals surface area contributed by atoms with Crippen LogP contribution in [0.4, 0.5) is 0 Å². The average molecular weight is 357 g/mol. The molecule has 27 heavy (non-hydrogen) atoms. The van der Waals surface area contributed by atoms with Gasteiger partial charge in [-0.2, -0.15) is 0 Å². The number of allylic oxidation sites excluding steroid dienone is 1. The fourth-order valence-corrected chi connectivity index (χ4v) is 3.96. The summed E-state index contributed by atoms with van der Waals surface area (Å²) in [6, 6.07) is 18.7. The van der Waals surface area contributed by atoms with Crippen molar-refractivity contribution in [3.8, 4) is 0 Å². The lowest BCUT2D eigenvalue weighted by Gasteiger charge is -2.26. The number of para-hydroxylation sites is 2. The fourth-order valence-electron chi connectivity index (χ4n) is 3.96. The lowest BCUT2D eigenvalue weighted by Crippen LogP contribution is -2.36. The van der Waals surface area contributed by atoms with Crippen LogP contribution in [0, 0.1) is 0 Å². The van der Waals surface area contributed by atoms with Crippen LogP contribution in [-0.2, 0) is 13.1 Å². The second-order valence-electron chi connectivity index (χ2n) is 7.25. The first-order chi connectivity index (χ1) is 13.3. The zero-order valence-corrected chi connectivity index (χ0v) is 15.3. The number of fused-ring (bicyclic) bond motifs is 1. The van der Waals surface area contributed by atoms with E-state index in [4.69, 9.17) is 4.98 Å². The van der Waals surface area contributed by atoms with Crippen LogP contribution in [0.2, 0.25) is 0 Å². The highest BCUT2D eigenvalue weighted by atomic mass is 15.5. The molecule has 0 saturated carbocycles. The lowest BCUT2D eigenvalue weighted by molar-refractivity contribution is 0.250. The first-order valence-electron chi connectivity index (χ1n) is 9.42. The predicted octanol–water partition coefficient (Wildman–Crippen LogP) is 3.56. The monoisotopic (exact) mass is 357 g/mol. The molecule has 5 nitrogen and oxygen atoms in total. The second kappa shape index (κ2) is 6.59. The molecule has 1 aromatic heterocycles. The summed E-state index contributed by atoms with van der Waals surface area (Å²) in [6.07, 6.45) is 1.02. The number of rotatable bonds is 4. The van der Waals surface area contributed by atoms with Crippen LogP contribution in [0.15, 0.2) is 78.1 Å². The smallest absolute Gasteiger partial charge is 0.121 e. The molecule has 0 spiro atoms. The van der Waals surface area contributed by atoms with Gasteiger partial charge in [-0.3, -0.25) is 9.91 Å². The zero-order valence-electron chi connectivity index (χ0n) is 15.3. The minimum absolute atomic E-state index is 0.830. The molecule has 0 aliphatic carbocycles. The van der Waals surface area contributed by atoms with E-state index in [1.807, 2.05) is 12.1 Å². The molecule has 136 valence electrons. The van der Waals surface area contributed by atoms with Gasteiger partial charge in [0.1, 0.15) is 5.82 Å². The van der Waals surface area contributed by atoms with E-state index >= 15 is 0 Å². The Kier molecular flexibility index (Phi) is 3.94. The van der Waals surface area contributed by atoms with E-state index in [0.29, 0.717) is 0 Å². The minimum atomic E-state index is 0.830. The topological polar surface area (TPSA) is 47.2 Å². The van der Waals surface area contributed by atoms with Gasteiger partial charge in [-0.1, -0.05) is 49.0 Å². The van der Waals surface area contributed by atoms with Crippen LogP contribution in [0.3, 0.4) is 0 Å². The van der Waals surface area contributed by atoms with E-state index in [0.717, 1.165) is 55.2 Å². The van der Waals surface area contributed by atoms with Crippen LogP contribution in [-0.4, -0.2) is 33.0 Å². The lowest BCUT2D eigenvalue weighted by atomic mass is 10.0. The summed E-state index contributed by atoms with van der Waals surface area (Å²) in [7, 11) is 0. The van der Waals surface area contributed by atoms with Crippen molar-refractivity contribution in [1.82, 2.24) is 25.3 Å². The van der Waals surface area contributed by atoms with Gasteiger partial charge >= 0.3 is 0 Å². The highest BCUT2D eigenvalue weighted by molar-refractivity contribution is 5.74. The number of hydrazine groups is 1. The van der Waals surface area contributed by atoms with Gasteiger partial charge in [0.15, 0.2) is 0 Å². The van der Waals surface area contributed by atoms with Gasteiger partial charge in [0.25, 0.3) is 0 Å². The van der Waals surface area contributed by atoms with E-state index in [1.165, 1.54) is 16.8 Å². The van der Waals surface area contributed by atoms with Gasteiger partial charge in [0, 0.05) is 18.7 Å². The minimum Gasteiger partial charge on any atom is -0.341 e. The third kappa shape index (κ3) is 3.11. The van der Waals surface area contributed by atoms with E-state index in [9.17, 15) is 0 Å². The number of nitrogens with zero attached hydrogens (tertiary/aromatic N) is 3. The summed E-state index contributed by atoms with van der Waals surface area (Å²) in [5, 5.41) is 2.17. The molecule has 3 aromatic rings. The van der Waals surface area contributed by atoms with Gasteiger partial charge < -0.3 is 10.4 Å². The van der Waals surface area contributed by atoms with Crippen LogP contribution in [0.25, 0.3) is 11.0 Å². The molecule has 5 rings (SSSR count). The van der Waals surface area contributed by atoms with E-state index in [-0.39, 0.29) is 0 Å². The van der Waals surface area contributed by atoms with Crippen LogP contribution in [0.1, 0.15) is 17.8 Å². The van der Waals surface area contributed by atoms with Gasteiger partial charge in [0.05, 0.1) is 35.5 Å². The number of H-pyrrole nitrogens is 1. The highest BCUT2D eigenvalue weighted by Gasteiger charge is 2.30. The van der Waals surface area contributed by atoms with Crippen molar-refractivity contribution in [2.24, 2.45) is 0 Å². The Labute approximate surface area is 159 Å². The van der Waals surface area contributed by atoms with Gasteiger partial charge in [-0.25, -0.2) is 4.98 Å². The first-order valence-corrected chi connectivity index (χ1v) is 9.42. The molecule has 2 aromatic carbocycles. The third-order valence-corrected chi connectivity index (χ3v) is 5.36. The van der Waals surface area contributed by atoms with Crippen molar-refractivity contribution < 1.29 is 0 Å². The number of benzene rings is 2. The molecule has 0 unspecified atom stereocenters. The quantitative estimate of drug-likeness (QED) is 0.750. The maximum Gasteiger partial charge on any atom is 0.121 e. The van der Waals surface area contributed by atoms with E-state index < -0.39 is 0 Å². The molecule has 2 aliphatic rings. The van der Waals surface area contributed by atoms with Crippen LogP contribution >= 0.6 is 0 Å². The first kappa shape index (κ1) is 16.1. The zero-order chi connectivity index (χ0) is 18.2. The number of aromatic amines is 1. The van der Waals surface area contributed by atoms with Crippen molar-refractivity contribution in [3.63, 3.8) is 0 Å². The third-order valence-electron chi connectivity index (χ3n) is 5.36. The van der Waals surface area contributed by atoms with Gasteiger partial charge in [-0.05, 0) is 24.1 Å². The Morgan fingerprint density at radius 1 is 1.00 bits per heavy atom. The standard InChI is InChI=1S/C22H23N5/c1-16-18-11-12-26(15-22-23-19-9-5-6-10-20(19)24-22)14-21(18)25-27(16)13-17-7-3-2-4-8-17/h2-10,25H,1,11-15H2,(H,23,24). The molecular weight excluding hydrogens is 334 g/mol. The normalized spacial score (nSPS) is 17.5.